The molecule has 0 amide bonds. The lowest BCUT2D eigenvalue weighted by Gasteiger charge is -2.34. The first-order valence-electron chi connectivity index (χ1n) is 6.51. The average molecular weight is 245 g/mol. The minimum atomic E-state index is 0.449. The Morgan fingerprint density at radius 1 is 1.33 bits per heavy atom. The smallest absolute Gasteiger partial charge is 0.134 e. The monoisotopic (exact) mass is 245 g/mol. The number of ether oxygens (including phenoxy) is 1. The molecular formula is C15H19NO2. The van der Waals surface area contributed by atoms with Gasteiger partial charge in [-0.3, -0.25) is 0 Å². The lowest BCUT2D eigenvalue weighted by molar-refractivity contribution is 0.0170. The van der Waals surface area contributed by atoms with Crippen LogP contribution >= 0.6 is 0 Å². The van der Waals surface area contributed by atoms with Gasteiger partial charge in [-0.2, -0.15) is 0 Å². The van der Waals surface area contributed by atoms with Crippen molar-refractivity contribution in [3.05, 3.63) is 35.6 Å². The van der Waals surface area contributed by atoms with Crippen LogP contribution in [0.25, 0.3) is 11.0 Å². The van der Waals surface area contributed by atoms with Gasteiger partial charge in [-0.05, 0) is 25.8 Å². The highest BCUT2D eigenvalue weighted by atomic mass is 16.5. The summed E-state index contributed by atoms with van der Waals surface area (Å²) in [6.45, 7) is 2.92. The molecule has 3 nitrogen and oxygen atoms in total. The highest BCUT2D eigenvalue weighted by molar-refractivity contribution is 5.82. The predicted octanol–water partition coefficient (Wildman–Crippen LogP) is 3.01. The molecule has 1 fully saturated rings. The molecule has 1 heterocycles. The van der Waals surface area contributed by atoms with Crippen molar-refractivity contribution in [2.24, 2.45) is 0 Å². The van der Waals surface area contributed by atoms with Gasteiger partial charge in [-0.15, -0.1) is 0 Å². The van der Waals surface area contributed by atoms with Gasteiger partial charge in [0.2, 0.25) is 0 Å². The van der Waals surface area contributed by atoms with E-state index < -0.39 is 0 Å². The molecule has 0 unspecified atom stereocenters. The minimum Gasteiger partial charge on any atom is -0.461 e. The van der Waals surface area contributed by atoms with Crippen molar-refractivity contribution in [2.45, 2.75) is 38.5 Å². The summed E-state index contributed by atoms with van der Waals surface area (Å²) in [5.74, 6) is 1.02. The molecule has 1 N–H and O–H groups in total. The number of aryl methyl sites for hydroxylation is 1. The first kappa shape index (κ1) is 11.8. The number of para-hydroxylation sites is 1. The number of hydrogen-bond acceptors (Lipinski definition) is 3. The number of methoxy groups -OCH3 is 1. The fraction of sp³-hybridized carbons (Fsp3) is 0.467. The van der Waals surface area contributed by atoms with E-state index in [1.807, 2.05) is 19.1 Å². The van der Waals surface area contributed by atoms with Gasteiger partial charge >= 0.3 is 0 Å². The summed E-state index contributed by atoms with van der Waals surface area (Å²) < 4.78 is 11.0. The molecule has 1 aromatic heterocycles. The Morgan fingerprint density at radius 2 is 2.11 bits per heavy atom. The number of benzene rings is 1. The van der Waals surface area contributed by atoms with E-state index >= 15 is 0 Å². The van der Waals surface area contributed by atoms with E-state index in [1.54, 1.807) is 7.11 Å². The highest BCUT2D eigenvalue weighted by Crippen LogP contribution is 2.27. The predicted molar refractivity (Wildman–Crippen MR) is 71.6 cm³/mol. The number of rotatable bonds is 4. The third-order valence-corrected chi connectivity index (χ3v) is 3.90. The molecule has 1 saturated carbocycles. The maximum atomic E-state index is 5.76. The molecule has 0 aliphatic heterocycles. The van der Waals surface area contributed by atoms with Gasteiger partial charge in [0.25, 0.3) is 0 Å². The molecule has 0 atom stereocenters. The van der Waals surface area contributed by atoms with Gasteiger partial charge in [0.1, 0.15) is 11.3 Å². The minimum absolute atomic E-state index is 0.449. The first-order chi connectivity index (χ1) is 8.78. The molecule has 0 spiro atoms. The van der Waals surface area contributed by atoms with Gasteiger partial charge in [0, 0.05) is 30.6 Å². The lowest BCUT2D eigenvalue weighted by Crippen LogP contribution is -2.44. The van der Waals surface area contributed by atoms with E-state index in [9.17, 15) is 0 Å². The molecule has 3 rings (SSSR count). The van der Waals surface area contributed by atoms with E-state index in [0.717, 1.165) is 30.7 Å². The largest absolute Gasteiger partial charge is 0.461 e. The van der Waals surface area contributed by atoms with Crippen LogP contribution in [-0.2, 0) is 11.3 Å². The van der Waals surface area contributed by atoms with E-state index in [0.29, 0.717) is 12.1 Å². The summed E-state index contributed by atoms with van der Waals surface area (Å²) in [4.78, 5) is 0. The molecule has 3 heteroatoms. The SMILES string of the molecule is COC1CC(NCc2c(C)oc3ccccc23)C1. The Hall–Kier alpha value is -1.32. The third kappa shape index (κ3) is 2.04. The van der Waals surface area contributed by atoms with Gasteiger partial charge < -0.3 is 14.5 Å². The molecule has 1 aromatic carbocycles. The van der Waals surface area contributed by atoms with Gasteiger partial charge in [-0.25, -0.2) is 0 Å². The topological polar surface area (TPSA) is 34.4 Å². The summed E-state index contributed by atoms with van der Waals surface area (Å²) in [6, 6.07) is 8.81. The maximum absolute atomic E-state index is 5.76. The second kappa shape index (κ2) is 4.75. The fourth-order valence-corrected chi connectivity index (χ4v) is 2.61. The molecular weight excluding hydrogens is 226 g/mol. The number of hydrogen-bond donors (Lipinski definition) is 1. The van der Waals surface area contributed by atoms with Gasteiger partial charge in [0.15, 0.2) is 0 Å². The quantitative estimate of drug-likeness (QED) is 0.899. The van der Waals surface area contributed by atoms with Crippen LogP contribution in [0.15, 0.2) is 28.7 Å². The number of furan rings is 1. The van der Waals surface area contributed by atoms with Crippen molar-refractivity contribution < 1.29 is 9.15 Å². The van der Waals surface area contributed by atoms with Crippen LogP contribution in [0.1, 0.15) is 24.2 Å². The second-order valence-corrected chi connectivity index (χ2v) is 5.04. The fourth-order valence-electron chi connectivity index (χ4n) is 2.61. The second-order valence-electron chi connectivity index (χ2n) is 5.04. The summed E-state index contributed by atoms with van der Waals surface area (Å²) in [6.07, 6.45) is 2.68. The molecule has 18 heavy (non-hydrogen) atoms. The van der Waals surface area contributed by atoms with E-state index in [4.69, 9.17) is 9.15 Å². The Labute approximate surface area is 107 Å². The highest BCUT2D eigenvalue weighted by Gasteiger charge is 2.28. The van der Waals surface area contributed by atoms with E-state index in [1.165, 1.54) is 10.9 Å². The van der Waals surface area contributed by atoms with Crippen LogP contribution in [0, 0.1) is 6.92 Å². The number of fused-ring (bicyclic) bond motifs is 1. The van der Waals surface area contributed by atoms with Crippen LogP contribution in [0.5, 0.6) is 0 Å². The summed E-state index contributed by atoms with van der Waals surface area (Å²) in [5.41, 5.74) is 2.27. The molecule has 1 aliphatic rings. The van der Waals surface area contributed by atoms with Crippen molar-refractivity contribution in [1.29, 1.82) is 0 Å². The Balaban J connectivity index is 1.69. The van der Waals surface area contributed by atoms with Crippen molar-refractivity contribution in [3.63, 3.8) is 0 Å². The normalized spacial score (nSPS) is 23.2. The van der Waals surface area contributed by atoms with Crippen LogP contribution in [0.2, 0.25) is 0 Å². The lowest BCUT2D eigenvalue weighted by atomic mass is 9.89. The van der Waals surface area contributed by atoms with Crippen LogP contribution in [-0.4, -0.2) is 19.3 Å². The molecule has 1 aliphatic carbocycles. The molecule has 0 radical (unpaired) electrons. The van der Waals surface area contributed by atoms with Crippen LogP contribution in [0.3, 0.4) is 0 Å². The maximum Gasteiger partial charge on any atom is 0.134 e. The zero-order valence-corrected chi connectivity index (χ0v) is 10.9. The standard InChI is InChI=1S/C15H19NO2/c1-10-14(9-16-11-7-12(8-11)17-2)13-5-3-4-6-15(13)18-10/h3-6,11-12,16H,7-9H2,1-2H3. The van der Waals surface area contributed by atoms with Crippen molar-refractivity contribution >= 4 is 11.0 Å². The molecule has 96 valence electrons. The first-order valence-corrected chi connectivity index (χ1v) is 6.51. The van der Waals surface area contributed by atoms with Gasteiger partial charge in [-0.1, -0.05) is 18.2 Å². The van der Waals surface area contributed by atoms with E-state index in [2.05, 4.69) is 17.4 Å². The average Bonchev–Trinajstić information content (AvgIpc) is 2.64. The van der Waals surface area contributed by atoms with E-state index in [-0.39, 0.29) is 0 Å². The zero-order valence-electron chi connectivity index (χ0n) is 10.9. The molecule has 0 saturated heterocycles. The Bertz CT molecular complexity index is 540. The molecule has 2 aromatic rings. The number of nitrogens with one attached hydrogen (secondary N) is 1. The van der Waals surface area contributed by atoms with Crippen molar-refractivity contribution in [1.82, 2.24) is 5.32 Å². The van der Waals surface area contributed by atoms with Crippen LogP contribution in [0.4, 0.5) is 0 Å². The summed E-state index contributed by atoms with van der Waals surface area (Å²) in [7, 11) is 1.79. The van der Waals surface area contributed by atoms with Gasteiger partial charge in [0.05, 0.1) is 6.10 Å². The Kier molecular flexibility index (Phi) is 3.10. The van der Waals surface area contributed by atoms with Crippen molar-refractivity contribution in [3.8, 4) is 0 Å². The van der Waals surface area contributed by atoms with Crippen LogP contribution < -0.4 is 5.32 Å². The zero-order chi connectivity index (χ0) is 12.5. The molecule has 0 bridgehead atoms. The Morgan fingerprint density at radius 3 is 2.89 bits per heavy atom. The third-order valence-electron chi connectivity index (χ3n) is 3.90. The van der Waals surface area contributed by atoms with Crippen molar-refractivity contribution in [2.75, 3.05) is 7.11 Å². The summed E-state index contributed by atoms with van der Waals surface area (Å²) in [5, 5.41) is 4.81. The summed E-state index contributed by atoms with van der Waals surface area (Å²) >= 11 is 0.